The van der Waals surface area contributed by atoms with E-state index in [1.54, 1.807) is 26.8 Å². The summed E-state index contributed by atoms with van der Waals surface area (Å²) in [6.07, 6.45) is 1.29. The Bertz CT molecular complexity index is 711. The van der Waals surface area contributed by atoms with Crippen molar-refractivity contribution < 1.29 is 23.9 Å². The number of imide groups is 1. The molecule has 1 aliphatic heterocycles. The summed E-state index contributed by atoms with van der Waals surface area (Å²) in [5.74, 6) is -1.61. The molecule has 0 aromatic heterocycles. The average molecular weight is 394 g/mol. The van der Waals surface area contributed by atoms with E-state index in [1.807, 2.05) is 30.3 Å². The van der Waals surface area contributed by atoms with Crippen molar-refractivity contribution in [1.82, 2.24) is 4.90 Å². The number of halogens is 1. The second-order valence-electron chi connectivity index (χ2n) is 7.33. The predicted molar refractivity (Wildman–Crippen MR) is 101 cm³/mol. The smallest absolute Gasteiger partial charge is 0.417 e. The molecular weight excluding hydrogens is 370 g/mol. The van der Waals surface area contributed by atoms with Gasteiger partial charge < -0.3 is 9.47 Å². The molecule has 6 nitrogen and oxygen atoms in total. The first-order chi connectivity index (χ1) is 12.7. The molecule has 27 heavy (non-hydrogen) atoms. The lowest BCUT2D eigenvalue weighted by Gasteiger charge is -2.26. The van der Waals surface area contributed by atoms with Crippen LogP contribution < -0.4 is 0 Å². The molecule has 0 N–H and O–H groups in total. The van der Waals surface area contributed by atoms with Crippen LogP contribution in [0.2, 0.25) is 0 Å². The highest BCUT2D eigenvalue weighted by atomic mass is 35.5. The molecule has 0 unspecified atom stereocenters. The molecule has 1 aromatic rings. The van der Waals surface area contributed by atoms with Gasteiger partial charge in [-0.05, 0) is 39.2 Å². The van der Waals surface area contributed by atoms with Gasteiger partial charge in [0.25, 0.3) is 0 Å². The molecular formula is C20H24ClNO5. The van der Waals surface area contributed by atoms with Gasteiger partial charge >= 0.3 is 12.1 Å². The van der Waals surface area contributed by atoms with E-state index in [-0.39, 0.29) is 13.0 Å². The lowest BCUT2D eigenvalue weighted by molar-refractivity contribution is -0.152. The van der Waals surface area contributed by atoms with Crippen LogP contribution in [-0.4, -0.2) is 34.5 Å². The van der Waals surface area contributed by atoms with E-state index >= 15 is 0 Å². The minimum Gasteiger partial charge on any atom is -0.459 e. The summed E-state index contributed by atoms with van der Waals surface area (Å²) in [5.41, 5.74) is 1.34. The van der Waals surface area contributed by atoms with Crippen LogP contribution in [0.15, 0.2) is 41.9 Å². The van der Waals surface area contributed by atoms with Crippen molar-refractivity contribution >= 4 is 29.6 Å². The monoisotopic (exact) mass is 393 g/mol. The Morgan fingerprint density at radius 2 is 1.93 bits per heavy atom. The van der Waals surface area contributed by atoms with Gasteiger partial charge in [0, 0.05) is 11.5 Å². The first-order valence-electron chi connectivity index (χ1n) is 8.74. The average Bonchev–Trinajstić information content (AvgIpc) is 2.94. The largest absolute Gasteiger partial charge is 0.459 e. The molecule has 7 heteroatoms. The van der Waals surface area contributed by atoms with Crippen LogP contribution in [0.25, 0.3) is 0 Å². The van der Waals surface area contributed by atoms with E-state index in [9.17, 15) is 14.4 Å². The van der Waals surface area contributed by atoms with Crippen LogP contribution in [-0.2, 0) is 25.7 Å². The Morgan fingerprint density at radius 1 is 1.26 bits per heavy atom. The van der Waals surface area contributed by atoms with Crippen molar-refractivity contribution in [1.29, 1.82) is 0 Å². The summed E-state index contributed by atoms with van der Waals surface area (Å²) < 4.78 is 10.6. The Balaban J connectivity index is 2.14. The fourth-order valence-electron chi connectivity index (χ4n) is 2.79. The molecule has 1 fully saturated rings. The third-order valence-electron chi connectivity index (χ3n) is 4.00. The van der Waals surface area contributed by atoms with Crippen molar-refractivity contribution in [2.75, 3.05) is 0 Å². The minimum atomic E-state index is -1.01. The molecule has 2 rings (SSSR count). The number of carbonyl (C=O) groups excluding carboxylic acids is 3. The van der Waals surface area contributed by atoms with Crippen molar-refractivity contribution in [3.05, 3.63) is 47.5 Å². The molecule has 1 aliphatic rings. The first-order valence-corrected chi connectivity index (χ1v) is 9.18. The number of ether oxygens (including phenoxy) is 2. The van der Waals surface area contributed by atoms with Crippen LogP contribution in [0.5, 0.6) is 0 Å². The SMILES string of the molecule is CC(C)(C)OC(=O)N1C(=O)[C@H](C/C=C/Cl)C[C@H]1C(=O)OCc1ccccc1. The molecule has 0 bridgehead atoms. The maximum Gasteiger partial charge on any atom is 0.417 e. The summed E-state index contributed by atoms with van der Waals surface area (Å²) >= 11 is 5.54. The van der Waals surface area contributed by atoms with E-state index < -0.39 is 35.5 Å². The Labute approximate surface area is 164 Å². The van der Waals surface area contributed by atoms with E-state index in [0.717, 1.165) is 10.5 Å². The van der Waals surface area contributed by atoms with Crippen LogP contribution in [0, 0.1) is 5.92 Å². The summed E-state index contributed by atoms with van der Waals surface area (Å²) in [6.45, 7) is 5.16. The Hall–Kier alpha value is -2.34. The molecule has 1 saturated heterocycles. The molecule has 0 aliphatic carbocycles. The van der Waals surface area contributed by atoms with E-state index in [4.69, 9.17) is 21.1 Å². The maximum atomic E-state index is 12.7. The standard InChI is InChI=1S/C20H24ClNO5/c1-20(2,3)27-19(25)22-16(12-15(17(22)23)10-7-11-21)18(24)26-13-14-8-5-4-6-9-14/h4-9,11,15-16H,10,12-13H2,1-3H3/b11-7+/t15-,16+/m1/s1. The molecule has 0 saturated carbocycles. The highest BCUT2D eigenvalue weighted by molar-refractivity contribution is 6.25. The summed E-state index contributed by atoms with van der Waals surface area (Å²) in [5, 5.41) is 0. The quantitative estimate of drug-likeness (QED) is 0.706. The molecule has 0 spiro atoms. The van der Waals surface area contributed by atoms with Crippen molar-refractivity contribution in [3.63, 3.8) is 0 Å². The zero-order chi connectivity index (χ0) is 20.0. The fourth-order valence-corrected chi connectivity index (χ4v) is 2.90. The van der Waals surface area contributed by atoms with Gasteiger partial charge in [-0.3, -0.25) is 4.79 Å². The second kappa shape index (κ2) is 9.04. The van der Waals surface area contributed by atoms with Gasteiger partial charge in [0.2, 0.25) is 5.91 Å². The summed E-state index contributed by atoms with van der Waals surface area (Å²) in [4.78, 5) is 38.7. The lowest BCUT2D eigenvalue weighted by atomic mass is 10.0. The van der Waals surface area contributed by atoms with Gasteiger partial charge in [-0.1, -0.05) is 48.0 Å². The van der Waals surface area contributed by atoms with Crippen LogP contribution >= 0.6 is 11.6 Å². The van der Waals surface area contributed by atoms with E-state index in [2.05, 4.69) is 0 Å². The third kappa shape index (κ3) is 5.82. The van der Waals surface area contributed by atoms with Crippen molar-refractivity contribution in [2.45, 2.75) is 51.9 Å². The van der Waals surface area contributed by atoms with Crippen LogP contribution in [0.3, 0.4) is 0 Å². The van der Waals surface area contributed by atoms with Gasteiger partial charge in [0.05, 0.1) is 0 Å². The van der Waals surface area contributed by atoms with Gasteiger partial charge in [0.15, 0.2) is 0 Å². The Kier molecular flexibility index (Phi) is 7.02. The van der Waals surface area contributed by atoms with E-state index in [1.165, 1.54) is 5.54 Å². The van der Waals surface area contributed by atoms with E-state index in [0.29, 0.717) is 6.42 Å². The highest BCUT2D eigenvalue weighted by Crippen LogP contribution is 2.30. The topological polar surface area (TPSA) is 72.9 Å². The Morgan fingerprint density at radius 3 is 2.52 bits per heavy atom. The number of benzene rings is 1. The number of esters is 1. The predicted octanol–water partition coefficient (Wildman–Crippen LogP) is 4.02. The number of hydrogen-bond acceptors (Lipinski definition) is 5. The van der Waals surface area contributed by atoms with Crippen LogP contribution in [0.1, 0.15) is 39.2 Å². The second-order valence-corrected chi connectivity index (χ2v) is 7.58. The fraction of sp³-hybridized carbons (Fsp3) is 0.450. The third-order valence-corrected chi connectivity index (χ3v) is 4.18. The number of carbonyl (C=O) groups is 3. The van der Waals surface area contributed by atoms with Gasteiger partial charge in [-0.15, -0.1) is 0 Å². The number of nitrogens with zero attached hydrogens (tertiary/aromatic N) is 1. The molecule has 0 radical (unpaired) electrons. The lowest BCUT2D eigenvalue weighted by Crippen LogP contribution is -2.46. The van der Waals surface area contributed by atoms with Gasteiger partial charge in [-0.2, -0.15) is 0 Å². The van der Waals surface area contributed by atoms with Crippen molar-refractivity contribution in [2.24, 2.45) is 5.92 Å². The van der Waals surface area contributed by atoms with Crippen LogP contribution in [0.4, 0.5) is 4.79 Å². The molecule has 1 aromatic carbocycles. The zero-order valence-electron chi connectivity index (χ0n) is 15.7. The summed E-state index contributed by atoms with van der Waals surface area (Å²) in [6, 6.07) is 8.18. The first kappa shape index (κ1) is 21.0. The summed E-state index contributed by atoms with van der Waals surface area (Å²) in [7, 11) is 0. The highest BCUT2D eigenvalue weighted by Gasteiger charge is 2.48. The van der Waals surface area contributed by atoms with Gasteiger partial charge in [0.1, 0.15) is 18.2 Å². The zero-order valence-corrected chi connectivity index (χ0v) is 16.4. The molecule has 1 heterocycles. The molecule has 146 valence electrons. The van der Waals surface area contributed by atoms with Crippen molar-refractivity contribution in [3.8, 4) is 0 Å². The number of rotatable bonds is 5. The number of hydrogen-bond donors (Lipinski definition) is 0. The number of likely N-dealkylation sites (tertiary alicyclic amines) is 1. The normalized spacial score (nSPS) is 20.1. The number of allylic oxidation sites excluding steroid dienone is 1. The molecule has 2 atom stereocenters. The number of amides is 2. The van der Waals surface area contributed by atoms with Gasteiger partial charge in [-0.25, -0.2) is 14.5 Å². The molecule has 2 amide bonds. The minimum absolute atomic E-state index is 0.0682. The maximum absolute atomic E-state index is 12.7.